The second-order valence-electron chi connectivity index (χ2n) is 7.72. The predicted octanol–water partition coefficient (Wildman–Crippen LogP) is 3.93. The zero-order chi connectivity index (χ0) is 19.5. The summed E-state index contributed by atoms with van der Waals surface area (Å²) in [7, 11) is 0. The van der Waals surface area contributed by atoms with Crippen molar-refractivity contribution in [3.63, 3.8) is 0 Å². The van der Waals surface area contributed by atoms with Gasteiger partial charge in [-0.25, -0.2) is 0 Å². The quantitative estimate of drug-likeness (QED) is 0.249. The number of carbonyl (C=O) groups is 2. The minimum absolute atomic E-state index is 0. The van der Waals surface area contributed by atoms with E-state index in [9.17, 15) is 9.59 Å². The standard InChI is InChI=1S/C22H42O4.Li.H/c1-2-3-4-5-6-7-8-9-10-11-12-13-14-15-16-17-18-20(22(25)26)19-21(23)24;;/h20H,2-19H2,1H3,(H,23,24)(H,25,26);;/q;+1;-1. The average Bonchev–Trinajstić information content (AvgIpc) is 2.59. The molecule has 1 unspecified atom stereocenters. The molecule has 4 nitrogen and oxygen atoms in total. The van der Waals surface area contributed by atoms with Crippen molar-refractivity contribution in [1.82, 2.24) is 0 Å². The maximum Gasteiger partial charge on any atom is 1.00 e. The van der Waals surface area contributed by atoms with Crippen molar-refractivity contribution < 1.29 is 40.1 Å². The fourth-order valence-electron chi connectivity index (χ4n) is 3.46. The Bertz CT molecular complexity index is 353. The van der Waals surface area contributed by atoms with E-state index in [0.717, 1.165) is 19.3 Å². The Morgan fingerprint density at radius 1 is 0.667 bits per heavy atom. The van der Waals surface area contributed by atoms with Gasteiger partial charge in [0.15, 0.2) is 0 Å². The van der Waals surface area contributed by atoms with Crippen LogP contribution in [-0.2, 0) is 9.59 Å². The molecule has 0 aromatic rings. The SMILES string of the molecule is CCCCCCCCCCCCCCCCCCC(CC(=O)O)C(=O)O.[H-].[Li+]. The van der Waals surface area contributed by atoms with Gasteiger partial charge in [0.25, 0.3) is 0 Å². The third kappa shape index (κ3) is 21.7. The molecule has 0 spiro atoms. The van der Waals surface area contributed by atoms with Gasteiger partial charge in [0.05, 0.1) is 12.3 Å². The summed E-state index contributed by atoms with van der Waals surface area (Å²) in [5, 5.41) is 17.7. The molecule has 0 bridgehead atoms. The van der Waals surface area contributed by atoms with Crippen molar-refractivity contribution >= 4 is 11.9 Å². The average molecular weight is 379 g/mol. The number of carboxylic acid groups (broad SMARTS) is 2. The number of unbranched alkanes of at least 4 members (excludes halogenated alkanes) is 15. The summed E-state index contributed by atoms with van der Waals surface area (Å²) in [6.07, 6.45) is 20.9. The molecule has 2 N–H and O–H groups in total. The smallest absolute Gasteiger partial charge is 1.00 e. The monoisotopic (exact) mass is 378 g/mol. The van der Waals surface area contributed by atoms with Crippen molar-refractivity contribution in [2.45, 2.75) is 122 Å². The molecule has 0 fully saturated rings. The first-order chi connectivity index (χ1) is 12.6. The summed E-state index contributed by atoms with van der Waals surface area (Å²) in [4.78, 5) is 21.6. The molecule has 0 rings (SSSR count). The molecule has 0 aliphatic heterocycles. The van der Waals surface area contributed by atoms with E-state index in [2.05, 4.69) is 6.92 Å². The van der Waals surface area contributed by atoms with Crippen LogP contribution in [0.5, 0.6) is 0 Å². The molecular weight excluding hydrogens is 335 g/mol. The van der Waals surface area contributed by atoms with E-state index >= 15 is 0 Å². The number of carboxylic acids is 2. The number of hydrogen-bond acceptors (Lipinski definition) is 2. The van der Waals surface area contributed by atoms with E-state index in [-0.39, 0.29) is 26.7 Å². The van der Waals surface area contributed by atoms with Crippen LogP contribution in [0.1, 0.15) is 124 Å². The number of hydrogen-bond donors (Lipinski definition) is 2. The summed E-state index contributed by atoms with van der Waals surface area (Å²) >= 11 is 0. The first-order valence-corrected chi connectivity index (χ1v) is 11.0. The normalized spacial score (nSPS) is 11.7. The Morgan fingerprint density at radius 2 is 1.00 bits per heavy atom. The maximum absolute atomic E-state index is 11.0. The van der Waals surface area contributed by atoms with E-state index in [1.165, 1.54) is 83.5 Å². The van der Waals surface area contributed by atoms with Crippen molar-refractivity contribution in [1.29, 1.82) is 0 Å². The number of aliphatic carboxylic acids is 2. The third-order valence-corrected chi connectivity index (χ3v) is 5.18. The minimum Gasteiger partial charge on any atom is -1.00 e. The van der Waals surface area contributed by atoms with Gasteiger partial charge in [-0.15, -0.1) is 0 Å². The van der Waals surface area contributed by atoms with Gasteiger partial charge in [0.1, 0.15) is 0 Å². The Balaban J connectivity index is -0.00000312. The van der Waals surface area contributed by atoms with Crippen LogP contribution in [0.2, 0.25) is 0 Å². The Labute approximate surface area is 180 Å². The van der Waals surface area contributed by atoms with Crippen LogP contribution < -0.4 is 18.9 Å². The summed E-state index contributed by atoms with van der Waals surface area (Å²) in [6.45, 7) is 2.26. The summed E-state index contributed by atoms with van der Waals surface area (Å²) < 4.78 is 0. The molecule has 0 heterocycles. The zero-order valence-electron chi connectivity index (χ0n) is 19.0. The Hall–Kier alpha value is -0.463. The first-order valence-electron chi connectivity index (χ1n) is 11.0. The van der Waals surface area contributed by atoms with E-state index in [0.29, 0.717) is 6.42 Å². The molecule has 0 aliphatic rings. The predicted molar refractivity (Wildman–Crippen MR) is 109 cm³/mol. The van der Waals surface area contributed by atoms with Crippen LogP contribution in [-0.4, -0.2) is 22.2 Å². The topological polar surface area (TPSA) is 74.6 Å². The van der Waals surface area contributed by atoms with Crippen LogP contribution in [0.3, 0.4) is 0 Å². The van der Waals surface area contributed by atoms with Crippen LogP contribution in [0.4, 0.5) is 0 Å². The molecule has 0 radical (unpaired) electrons. The molecule has 0 aliphatic carbocycles. The zero-order valence-corrected chi connectivity index (χ0v) is 18.0. The van der Waals surface area contributed by atoms with Crippen LogP contribution >= 0.6 is 0 Å². The summed E-state index contributed by atoms with van der Waals surface area (Å²) in [5.41, 5.74) is 0. The van der Waals surface area contributed by atoms with Crippen molar-refractivity contribution in [2.24, 2.45) is 5.92 Å². The Kier molecular flexibility index (Phi) is 23.2. The van der Waals surface area contributed by atoms with E-state index in [1.807, 2.05) is 0 Å². The summed E-state index contributed by atoms with van der Waals surface area (Å²) in [6, 6.07) is 0. The fraction of sp³-hybridized carbons (Fsp3) is 0.909. The largest absolute Gasteiger partial charge is 1.00 e. The molecule has 0 amide bonds. The molecule has 0 aromatic heterocycles. The van der Waals surface area contributed by atoms with Gasteiger partial charge in [-0.1, -0.05) is 110 Å². The molecule has 0 saturated heterocycles. The van der Waals surface area contributed by atoms with Crippen molar-refractivity contribution in [2.75, 3.05) is 0 Å². The molecule has 5 heteroatoms. The van der Waals surface area contributed by atoms with Gasteiger partial charge in [0, 0.05) is 0 Å². The van der Waals surface area contributed by atoms with Gasteiger partial charge < -0.3 is 11.6 Å². The molecular formula is C22H43LiO4. The van der Waals surface area contributed by atoms with Crippen LogP contribution in [0.15, 0.2) is 0 Å². The first kappa shape index (κ1) is 28.7. The molecule has 0 saturated carbocycles. The van der Waals surface area contributed by atoms with Gasteiger partial charge >= 0.3 is 30.8 Å². The Morgan fingerprint density at radius 3 is 1.30 bits per heavy atom. The van der Waals surface area contributed by atoms with Gasteiger partial charge in [-0.3, -0.25) is 9.59 Å². The van der Waals surface area contributed by atoms with Gasteiger partial charge in [-0.2, -0.15) is 0 Å². The maximum atomic E-state index is 11.0. The second-order valence-corrected chi connectivity index (χ2v) is 7.72. The fourth-order valence-corrected chi connectivity index (χ4v) is 3.46. The number of rotatable bonds is 20. The third-order valence-electron chi connectivity index (χ3n) is 5.18. The summed E-state index contributed by atoms with van der Waals surface area (Å²) in [5.74, 6) is -2.72. The molecule has 0 aromatic carbocycles. The molecule has 156 valence electrons. The second kappa shape index (κ2) is 21.8. The minimum atomic E-state index is -1.02. The van der Waals surface area contributed by atoms with Crippen LogP contribution in [0.25, 0.3) is 0 Å². The van der Waals surface area contributed by atoms with Crippen molar-refractivity contribution in [3.05, 3.63) is 0 Å². The van der Waals surface area contributed by atoms with Gasteiger partial charge in [-0.05, 0) is 6.42 Å². The van der Waals surface area contributed by atoms with E-state index in [1.54, 1.807) is 0 Å². The van der Waals surface area contributed by atoms with Crippen molar-refractivity contribution in [3.8, 4) is 0 Å². The molecule has 27 heavy (non-hydrogen) atoms. The molecule has 1 atom stereocenters. The van der Waals surface area contributed by atoms with Gasteiger partial charge in [0.2, 0.25) is 0 Å². The van der Waals surface area contributed by atoms with E-state index in [4.69, 9.17) is 10.2 Å². The van der Waals surface area contributed by atoms with Crippen LogP contribution in [0, 0.1) is 5.92 Å². The van der Waals surface area contributed by atoms with E-state index < -0.39 is 17.9 Å².